The van der Waals surface area contributed by atoms with Crippen molar-refractivity contribution < 1.29 is 0 Å². The molecule has 0 saturated carbocycles. The van der Waals surface area contributed by atoms with Gasteiger partial charge in [-0.05, 0) is 23.8 Å². The van der Waals surface area contributed by atoms with E-state index < -0.39 is 0 Å². The highest BCUT2D eigenvalue weighted by molar-refractivity contribution is 5.31. The lowest BCUT2D eigenvalue weighted by Crippen LogP contribution is -2.10. The minimum atomic E-state index is 0.396. The Morgan fingerprint density at radius 3 is 2.60 bits per heavy atom. The average molecular weight is 136 g/mol. The monoisotopic (exact) mass is 136 g/mol. The topological polar surface area (TPSA) is 0 Å². The molecule has 10 heavy (non-hydrogen) atoms. The molecule has 1 rings (SSSR count). The number of hydrogen-bond donors (Lipinski definition) is 0. The summed E-state index contributed by atoms with van der Waals surface area (Å²) in [5.41, 5.74) is 1.91. The SMILES string of the molecule is CCC(C)(C)C1=CCC=C1. The molecule has 0 nitrogen and oxygen atoms in total. The van der Waals surface area contributed by atoms with Crippen molar-refractivity contribution in [3.05, 3.63) is 23.8 Å². The Morgan fingerprint density at radius 2 is 2.20 bits per heavy atom. The Kier molecular flexibility index (Phi) is 1.98. The van der Waals surface area contributed by atoms with E-state index in [-0.39, 0.29) is 0 Å². The molecule has 0 saturated heterocycles. The normalized spacial score (nSPS) is 17.7. The molecule has 0 spiro atoms. The molecule has 0 aromatic rings. The van der Waals surface area contributed by atoms with Crippen LogP contribution in [0.3, 0.4) is 0 Å². The van der Waals surface area contributed by atoms with Gasteiger partial charge >= 0.3 is 0 Å². The second kappa shape index (κ2) is 2.61. The van der Waals surface area contributed by atoms with Crippen LogP contribution < -0.4 is 0 Å². The van der Waals surface area contributed by atoms with E-state index in [1.54, 1.807) is 0 Å². The van der Waals surface area contributed by atoms with Crippen molar-refractivity contribution in [2.24, 2.45) is 5.41 Å². The fourth-order valence-corrected chi connectivity index (χ4v) is 1.16. The van der Waals surface area contributed by atoms with Crippen molar-refractivity contribution >= 4 is 0 Å². The van der Waals surface area contributed by atoms with Gasteiger partial charge < -0.3 is 0 Å². The zero-order valence-corrected chi connectivity index (χ0v) is 7.15. The second-order valence-corrected chi connectivity index (χ2v) is 3.53. The van der Waals surface area contributed by atoms with E-state index in [9.17, 15) is 0 Å². The smallest absolute Gasteiger partial charge is 0.0109 e. The van der Waals surface area contributed by atoms with E-state index in [1.165, 1.54) is 12.0 Å². The van der Waals surface area contributed by atoms with Gasteiger partial charge in [0.2, 0.25) is 0 Å². The second-order valence-electron chi connectivity index (χ2n) is 3.53. The summed E-state index contributed by atoms with van der Waals surface area (Å²) in [6.07, 6.45) is 9.17. The van der Waals surface area contributed by atoms with Crippen molar-refractivity contribution in [2.45, 2.75) is 33.6 Å². The zero-order valence-electron chi connectivity index (χ0n) is 7.15. The summed E-state index contributed by atoms with van der Waals surface area (Å²) in [7, 11) is 0. The van der Waals surface area contributed by atoms with Crippen molar-refractivity contribution in [1.82, 2.24) is 0 Å². The molecule has 0 radical (unpaired) electrons. The van der Waals surface area contributed by atoms with Crippen LogP contribution in [0.5, 0.6) is 0 Å². The van der Waals surface area contributed by atoms with Crippen LogP contribution in [-0.4, -0.2) is 0 Å². The van der Waals surface area contributed by atoms with Crippen LogP contribution in [0.15, 0.2) is 23.8 Å². The highest BCUT2D eigenvalue weighted by atomic mass is 14.2. The zero-order chi connectivity index (χ0) is 7.61. The Balaban J connectivity index is 2.72. The van der Waals surface area contributed by atoms with Gasteiger partial charge in [0, 0.05) is 0 Å². The summed E-state index contributed by atoms with van der Waals surface area (Å²) < 4.78 is 0. The Bertz CT molecular complexity index is 170. The van der Waals surface area contributed by atoms with Crippen LogP contribution in [0.2, 0.25) is 0 Å². The summed E-state index contributed by atoms with van der Waals surface area (Å²) in [6, 6.07) is 0. The molecule has 0 unspecified atom stereocenters. The summed E-state index contributed by atoms with van der Waals surface area (Å²) in [6.45, 7) is 6.84. The minimum absolute atomic E-state index is 0.396. The highest BCUT2D eigenvalue weighted by Crippen LogP contribution is 2.33. The molecule has 0 heterocycles. The number of hydrogen-bond acceptors (Lipinski definition) is 0. The first-order chi connectivity index (χ1) is 4.67. The predicted octanol–water partition coefficient (Wildman–Crippen LogP) is 3.31. The van der Waals surface area contributed by atoms with Gasteiger partial charge in [-0.15, -0.1) is 0 Å². The maximum atomic E-state index is 2.32. The van der Waals surface area contributed by atoms with E-state index in [4.69, 9.17) is 0 Å². The quantitative estimate of drug-likeness (QED) is 0.546. The third-order valence-corrected chi connectivity index (χ3v) is 2.44. The Morgan fingerprint density at radius 1 is 1.50 bits per heavy atom. The Labute approximate surface area is 63.6 Å². The van der Waals surface area contributed by atoms with Crippen molar-refractivity contribution in [3.8, 4) is 0 Å². The summed E-state index contributed by atoms with van der Waals surface area (Å²) in [5.74, 6) is 0. The molecule has 0 N–H and O–H groups in total. The van der Waals surface area contributed by atoms with E-state index >= 15 is 0 Å². The van der Waals surface area contributed by atoms with Gasteiger partial charge in [-0.1, -0.05) is 39.0 Å². The van der Waals surface area contributed by atoms with E-state index in [2.05, 4.69) is 39.0 Å². The van der Waals surface area contributed by atoms with E-state index in [1.807, 2.05) is 0 Å². The lowest BCUT2D eigenvalue weighted by molar-refractivity contribution is 0.440. The first-order valence-electron chi connectivity index (χ1n) is 4.04. The van der Waals surface area contributed by atoms with Gasteiger partial charge in [-0.25, -0.2) is 0 Å². The minimum Gasteiger partial charge on any atom is -0.0804 e. The van der Waals surface area contributed by atoms with Crippen LogP contribution in [0.1, 0.15) is 33.6 Å². The van der Waals surface area contributed by atoms with Crippen LogP contribution in [-0.2, 0) is 0 Å². The van der Waals surface area contributed by atoms with E-state index in [0.717, 1.165) is 6.42 Å². The molecule has 0 fully saturated rings. The Hall–Kier alpha value is -0.520. The highest BCUT2D eigenvalue weighted by Gasteiger charge is 2.19. The third kappa shape index (κ3) is 1.31. The standard InChI is InChI=1S/C10H16/c1-4-10(2,3)9-7-5-6-8-9/h5,7-8H,4,6H2,1-3H3. The molecule has 0 aromatic carbocycles. The van der Waals surface area contributed by atoms with Crippen molar-refractivity contribution in [1.29, 1.82) is 0 Å². The molecule has 0 atom stereocenters. The first kappa shape index (κ1) is 7.59. The van der Waals surface area contributed by atoms with Crippen molar-refractivity contribution in [2.75, 3.05) is 0 Å². The van der Waals surface area contributed by atoms with Crippen LogP contribution in [0.4, 0.5) is 0 Å². The van der Waals surface area contributed by atoms with Crippen LogP contribution in [0.25, 0.3) is 0 Å². The molecule has 0 amide bonds. The lowest BCUT2D eigenvalue weighted by Gasteiger charge is -2.22. The third-order valence-electron chi connectivity index (χ3n) is 2.44. The molecule has 0 bridgehead atoms. The molecular formula is C10H16. The average Bonchev–Trinajstić information content (AvgIpc) is 2.38. The van der Waals surface area contributed by atoms with Gasteiger partial charge in [-0.2, -0.15) is 0 Å². The van der Waals surface area contributed by atoms with Gasteiger partial charge in [0.1, 0.15) is 0 Å². The van der Waals surface area contributed by atoms with Crippen molar-refractivity contribution in [3.63, 3.8) is 0 Å². The molecule has 0 aliphatic heterocycles. The van der Waals surface area contributed by atoms with Gasteiger partial charge in [0.05, 0.1) is 0 Å². The molecular weight excluding hydrogens is 120 g/mol. The molecule has 0 heteroatoms. The summed E-state index contributed by atoms with van der Waals surface area (Å²) in [5, 5.41) is 0. The van der Waals surface area contributed by atoms with Crippen LogP contribution in [0, 0.1) is 5.41 Å². The van der Waals surface area contributed by atoms with Gasteiger partial charge in [0.15, 0.2) is 0 Å². The fraction of sp³-hybridized carbons (Fsp3) is 0.600. The molecule has 0 aromatic heterocycles. The van der Waals surface area contributed by atoms with Gasteiger partial charge in [-0.3, -0.25) is 0 Å². The van der Waals surface area contributed by atoms with E-state index in [0.29, 0.717) is 5.41 Å². The molecule has 1 aliphatic carbocycles. The van der Waals surface area contributed by atoms with Crippen LogP contribution >= 0.6 is 0 Å². The first-order valence-corrected chi connectivity index (χ1v) is 4.04. The maximum Gasteiger partial charge on any atom is -0.0109 e. The number of allylic oxidation sites excluding steroid dienone is 4. The predicted molar refractivity (Wildman–Crippen MR) is 45.9 cm³/mol. The largest absolute Gasteiger partial charge is 0.0804 e. The molecule has 1 aliphatic rings. The summed E-state index contributed by atoms with van der Waals surface area (Å²) >= 11 is 0. The summed E-state index contributed by atoms with van der Waals surface area (Å²) in [4.78, 5) is 0. The van der Waals surface area contributed by atoms with Gasteiger partial charge in [0.25, 0.3) is 0 Å². The molecule has 56 valence electrons. The number of rotatable bonds is 2. The fourth-order valence-electron chi connectivity index (χ4n) is 1.16. The maximum absolute atomic E-state index is 2.32. The lowest BCUT2D eigenvalue weighted by atomic mass is 9.82.